The van der Waals surface area contributed by atoms with Gasteiger partial charge in [0, 0.05) is 0 Å². The van der Waals surface area contributed by atoms with E-state index >= 15 is 0 Å². The minimum atomic E-state index is 0.757. The monoisotopic (exact) mass is 99.0 g/mol. The normalized spacial score (nSPS) is 18.7. The summed E-state index contributed by atoms with van der Waals surface area (Å²) < 4.78 is 3.69. The lowest BCUT2D eigenvalue weighted by molar-refractivity contribution is 1.40. The third kappa shape index (κ3) is 0.825. The Hall–Kier alpha value is -0.310. The highest BCUT2D eigenvalue weighted by Gasteiger charge is 1.80. The Morgan fingerprint density at radius 3 is 3.00 bits per heavy atom. The molecule has 1 aliphatic heterocycles. The van der Waals surface area contributed by atoms with Crippen LogP contribution >= 0.6 is 11.9 Å². The van der Waals surface area contributed by atoms with Crippen LogP contribution in [0.5, 0.6) is 0 Å². The molecule has 0 saturated heterocycles. The maximum Gasteiger partial charge on any atom is 0.117 e. The van der Waals surface area contributed by atoms with E-state index < -0.39 is 0 Å². The molecule has 1 aliphatic rings. The van der Waals surface area contributed by atoms with Gasteiger partial charge in [-0.2, -0.15) is 0 Å². The summed E-state index contributed by atoms with van der Waals surface area (Å²) in [6, 6.07) is 0. The summed E-state index contributed by atoms with van der Waals surface area (Å²) in [5, 5.41) is 0. The van der Waals surface area contributed by atoms with Crippen molar-refractivity contribution in [3.8, 4) is 0 Å². The number of hydrogen-bond acceptors (Lipinski definition) is 3. The third-order valence-electron chi connectivity index (χ3n) is 0.399. The number of nitrogens with zero attached hydrogens (tertiary/aromatic N) is 2. The molecule has 31 valence electrons. The van der Waals surface area contributed by atoms with E-state index in [0.29, 0.717) is 0 Å². The van der Waals surface area contributed by atoms with Gasteiger partial charge in [-0.05, 0) is 11.9 Å². The van der Waals surface area contributed by atoms with Crippen LogP contribution in [0.2, 0.25) is 0 Å². The van der Waals surface area contributed by atoms with Gasteiger partial charge in [0.15, 0.2) is 0 Å². The average molecular weight is 99.1 g/mol. The summed E-state index contributed by atoms with van der Waals surface area (Å²) in [5.74, 6) is 0.757. The van der Waals surface area contributed by atoms with E-state index in [1.807, 2.05) is 0 Å². The Labute approximate surface area is 40.5 Å². The second kappa shape index (κ2) is 1.97. The quantitative estimate of drug-likeness (QED) is 0.409. The summed E-state index contributed by atoms with van der Waals surface area (Å²) >= 11 is 1.41. The fraction of sp³-hybridized carbons (Fsp3) is 0.333. The summed E-state index contributed by atoms with van der Waals surface area (Å²) in [6.07, 6.45) is 4.16. The molecule has 0 aromatic carbocycles. The smallest absolute Gasteiger partial charge is 0.117 e. The minimum absolute atomic E-state index is 0.757. The summed E-state index contributed by atoms with van der Waals surface area (Å²) in [5.41, 5.74) is 0. The molecule has 0 unspecified atom stereocenters. The Kier molecular flexibility index (Phi) is 1.27. The fourth-order valence-corrected chi connectivity index (χ4v) is 0.522. The zero-order valence-corrected chi connectivity index (χ0v) is 3.90. The van der Waals surface area contributed by atoms with Gasteiger partial charge < -0.3 is 0 Å². The van der Waals surface area contributed by atoms with Gasteiger partial charge >= 0.3 is 0 Å². The maximum absolute atomic E-state index is 3.81. The molecule has 0 fully saturated rings. The van der Waals surface area contributed by atoms with Gasteiger partial charge in [-0.15, -0.1) is 0 Å². The lowest BCUT2D eigenvalue weighted by atomic mass is 10.8. The first kappa shape index (κ1) is 3.87. The topological polar surface area (TPSA) is 24.7 Å². The molecule has 0 saturated carbocycles. The largest absolute Gasteiger partial charge is 0.278 e. The first-order chi connectivity index (χ1) is 3.00. The van der Waals surface area contributed by atoms with Crippen LogP contribution in [-0.2, 0) is 0 Å². The second-order valence-corrected chi connectivity index (χ2v) is 1.49. The molecule has 0 spiro atoms. The standard InChI is InChI=1S/C3H3N2S/c1-2-5-6-3-4-1/h1H,3H2. The van der Waals surface area contributed by atoms with Crippen LogP contribution < -0.4 is 0 Å². The summed E-state index contributed by atoms with van der Waals surface area (Å²) in [7, 11) is 0. The molecule has 0 bridgehead atoms. The molecular formula is C3H3N2S. The van der Waals surface area contributed by atoms with Crippen LogP contribution in [0.3, 0.4) is 0 Å². The first-order valence-electron chi connectivity index (χ1n) is 1.56. The van der Waals surface area contributed by atoms with Crippen molar-refractivity contribution in [2.24, 2.45) is 9.39 Å². The SMILES string of the molecule is [C]1=NSCN=C1. The third-order valence-corrected chi connectivity index (χ3v) is 0.898. The molecule has 0 atom stereocenters. The Morgan fingerprint density at radius 2 is 2.83 bits per heavy atom. The molecule has 3 heteroatoms. The molecule has 1 radical (unpaired) electrons. The van der Waals surface area contributed by atoms with Crippen molar-refractivity contribution in [2.45, 2.75) is 0 Å². The first-order valence-corrected chi connectivity index (χ1v) is 2.50. The van der Waals surface area contributed by atoms with E-state index in [2.05, 4.69) is 15.6 Å². The Bertz CT molecular complexity index is 74.8. The van der Waals surface area contributed by atoms with Gasteiger partial charge in [-0.3, -0.25) is 4.99 Å². The highest BCUT2D eigenvalue weighted by molar-refractivity contribution is 7.98. The van der Waals surface area contributed by atoms with Crippen molar-refractivity contribution in [1.29, 1.82) is 0 Å². The predicted octanol–water partition coefficient (Wildman–Crippen LogP) is 0.624. The van der Waals surface area contributed by atoms with Crippen molar-refractivity contribution in [3.05, 3.63) is 0 Å². The molecule has 0 N–H and O–H groups in total. The minimum Gasteiger partial charge on any atom is -0.278 e. The van der Waals surface area contributed by atoms with Gasteiger partial charge in [0.05, 0.1) is 6.21 Å². The molecular weight excluding hydrogens is 96.1 g/mol. The van der Waals surface area contributed by atoms with E-state index in [-0.39, 0.29) is 0 Å². The molecule has 6 heavy (non-hydrogen) atoms. The lowest BCUT2D eigenvalue weighted by Crippen LogP contribution is -1.81. The Morgan fingerprint density at radius 1 is 1.83 bits per heavy atom. The van der Waals surface area contributed by atoms with Crippen molar-refractivity contribution in [2.75, 3.05) is 5.88 Å². The molecule has 0 aromatic rings. The van der Waals surface area contributed by atoms with Crippen molar-refractivity contribution in [3.63, 3.8) is 0 Å². The lowest BCUT2D eigenvalue weighted by Gasteiger charge is -1.86. The van der Waals surface area contributed by atoms with E-state index in [9.17, 15) is 0 Å². The maximum atomic E-state index is 3.81. The molecule has 0 aliphatic carbocycles. The van der Waals surface area contributed by atoms with Gasteiger partial charge in [-0.25, -0.2) is 4.40 Å². The second-order valence-electron chi connectivity index (χ2n) is 0.790. The number of rotatable bonds is 0. The highest BCUT2D eigenvalue weighted by atomic mass is 32.2. The molecule has 2 nitrogen and oxygen atoms in total. The number of hydrogen-bond donors (Lipinski definition) is 0. The number of aliphatic imine (C=N–C) groups is 1. The molecule has 0 aromatic heterocycles. The van der Waals surface area contributed by atoms with Crippen molar-refractivity contribution in [1.82, 2.24) is 0 Å². The Balaban J connectivity index is 2.46. The zero-order valence-electron chi connectivity index (χ0n) is 3.09. The van der Waals surface area contributed by atoms with E-state index in [1.165, 1.54) is 11.9 Å². The van der Waals surface area contributed by atoms with Gasteiger partial charge in [-0.1, -0.05) is 0 Å². The zero-order chi connectivity index (χ0) is 4.24. The van der Waals surface area contributed by atoms with Gasteiger partial charge in [0.25, 0.3) is 0 Å². The van der Waals surface area contributed by atoms with Crippen LogP contribution in [0.1, 0.15) is 0 Å². The van der Waals surface area contributed by atoms with Gasteiger partial charge in [0.1, 0.15) is 12.1 Å². The molecule has 0 amide bonds. The van der Waals surface area contributed by atoms with E-state index in [1.54, 1.807) is 6.21 Å². The molecule has 1 rings (SSSR count). The van der Waals surface area contributed by atoms with Crippen LogP contribution in [0.4, 0.5) is 0 Å². The van der Waals surface area contributed by atoms with Crippen LogP contribution in [0, 0.1) is 0 Å². The van der Waals surface area contributed by atoms with Crippen molar-refractivity contribution >= 4 is 24.4 Å². The highest BCUT2D eigenvalue weighted by Crippen LogP contribution is 2.01. The van der Waals surface area contributed by atoms with E-state index in [4.69, 9.17) is 0 Å². The van der Waals surface area contributed by atoms with Gasteiger partial charge in [0.2, 0.25) is 0 Å². The molecule has 1 heterocycles. The fourth-order valence-electron chi connectivity index (χ4n) is 0.201. The predicted molar refractivity (Wildman–Crippen MR) is 28.4 cm³/mol. The van der Waals surface area contributed by atoms with Crippen LogP contribution in [0.25, 0.3) is 0 Å². The average Bonchev–Trinajstić information content (AvgIpc) is 1.72. The summed E-state index contributed by atoms with van der Waals surface area (Å²) in [4.78, 5) is 3.81. The van der Waals surface area contributed by atoms with Crippen molar-refractivity contribution < 1.29 is 0 Å². The van der Waals surface area contributed by atoms with Crippen LogP contribution in [0.15, 0.2) is 9.39 Å². The van der Waals surface area contributed by atoms with Crippen LogP contribution in [-0.4, -0.2) is 18.3 Å². The van der Waals surface area contributed by atoms with E-state index in [0.717, 1.165) is 5.88 Å². The summed E-state index contributed by atoms with van der Waals surface area (Å²) in [6.45, 7) is 0.